The first kappa shape index (κ1) is 24.3. The summed E-state index contributed by atoms with van der Waals surface area (Å²) in [4.78, 5) is 48.2. The zero-order chi connectivity index (χ0) is 24.7. The monoisotopic (exact) mass is 475 g/mol. The fourth-order valence-electron chi connectivity index (χ4n) is 4.19. The molecule has 3 N–H and O–H groups in total. The summed E-state index contributed by atoms with van der Waals surface area (Å²) in [6.07, 6.45) is 2.42. The van der Waals surface area contributed by atoms with E-state index >= 15 is 0 Å². The van der Waals surface area contributed by atoms with E-state index in [9.17, 15) is 14.4 Å². The molecular formula is C26H29N5O4. The molecule has 3 aromatic rings. The quantitative estimate of drug-likeness (QED) is 0.425. The van der Waals surface area contributed by atoms with Crippen LogP contribution in [0.4, 0.5) is 0 Å². The fourth-order valence-corrected chi connectivity index (χ4v) is 4.19. The summed E-state index contributed by atoms with van der Waals surface area (Å²) in [6.45, 7) is 3.00. The number of rotatable bonds is 8. The van der Waals surface area contributed by atoms with Gasteiger partial charge in [0.1, 0.15) is 17.3 Å². The molecule has 4 rings (SSSR count). The summed E-state index contributed by atoms with van der Waals surface area (Å²) in [6, 6.07) is 15.8. The first-order valence-corrected chi connectivity index (χ1v) is 11.8. The van der Waals surface area contributed by atoms with E-state index in [1.165, 1.54) is 6.20 Å². The van der Waals surface area contributed by atoms with Gasteiger partial charge < -0.3 is 20.7 Å². The highest BCUT2D eigenvalue weighted by Crippen LogP contribution is 2.21. The van der Waals surface area contributed by atoms with Crippen molar-refractivity contribution < 1.29 is 19.1 Å². The van der Waals surface area contributed by atoms with E-state index in [1.54, 1.807) is 13.0 Å². The number of aromatic nitrogens is 2. The number of hydrogen-bond donors (Lipinski definition) is 3. The maximum absolute atomic E-state index is 13.6. The van der Waals surface area contributed by atoms with Gasteiger partial charge >= 0.3 is 5.97 Å². The van der Waals surface area contributed by atoms with Crippen molar-refractivity contribution in [2.45, 2.75) is 37.8 Å². The maximum atomic E-state index is 13.6. The molecule has 2 amide bonds. The zero-order valence-electron chi connectivity index (χ0n) is 19.6. The second kappa shape index (κ2) is 11.1. The minimum atomic E-state index is -1.20. The number of ether oxygens (including phenoxy) is 1. The van der Waals surface area contributed by atoms with Crippen molar-refractivity contribution in [3.05, 3.63) is 72.1 Å². The third-order valence-corrected chi connectivity index (χ3v) is 6.08. The maximum Gasteiger partial charge on any atom is 0.328 e. The minimum Gasteiger partial charge on any atom is -0.464 e. The molecule has 0 aliphatic carbocycles. The largest absolute Gasteiger partial charge is 0.464 e. The van der Waals surface area contributed by atoms with Crippen molar-refractivity contribution in [1.29, 1.82) is 0 Å². The van der Waals surface area contributed by atoms with E-state index in [2.05, 4.69) is 25.9 Å². The highest BCUT2D eigenvalue weighted by atomic mass is 16.5. The predicted octanol–water partition coefficient (Wildman–Crippen LogP) is 1.77. The SMILES string of the molecule is CCOC(=O)C(Cc1ccccc1)NC(=O)C1(NC(=O)c2cnc3ccccc3n2)CCNCC1. The minimum absolute atomic E-state index is 0.126. The van der Waals surface area contributed by atoms with Gasteiger partial charge in [-0.25, -0.2) is 9.78 Å². The Morgan fingerprint density at radius 1 is 1.03 bits per heavy atom. The molecule has 9 heteroatoms. The number of carbonyl (C=O) groups is 3. The van der Waals surface area contributed by atoms with Gasteiger partial charge in [0.25, 0.3) is 5.91 Å². The van der Waals surface area contributed by atoms with E-state index < -0.39 is 29.4 Å². The second-order valence-electron chi connectivity index (χ2n) is 8.50. The summed E-state index contributed by atoms with van der Waals surface area (Å²) in [5.74, 6) is -1.42. The lowest BCUT2D eigenvalue weighted by molar-refractivity contribution is -0.148. The van der Waals surface area contributed by atoms with E-state index in [4.69, 9.17) is 4.74 Å². The van der Waals surface area contributed by atoms with Crippen LogP contribution in [-0.4, -0.2) is 59.0 Å². The van der Waals surface area contributed by atoms with Crippen molar-refractivity contribution in [1.82, 2.24) is 25.9 Å². The standard InChI is InChI=1S/C26H29N5O4/c1-2-35-24(33)21(16-18-8-4-3-5-9-18)30-25(34)26(12-14-27-15-13-26)31-23(32)22-17-28-19-10-6-7-11-20(19)29-22/h3-11,17,21,27H,2,12-16H2,1H3,(H,30,34)(H,31,32). The molecule has 1 unspecified atom stereocenters. The lowest BCUT2D eigenvalue weighted by Crippen LogP contribution is -2.64. The summed E-state index contributed by atoms with van der Waals surface area (Å²) < 4.78 is 5.22. The van der Waals surface area contributed by atoms with Crippen molar-refractivity contribution in [3.63, 3.8) is 0 Å². The molecule has 1 aromatic heterocycles. The topological polar surface area (TPSA) is 122 Å². The smallest absolute Gasteiger partial charge is 0.328 e. The highest BCUT2D eigenvalue weighted by Gasteiger charge is 2.43. The van der Waals surface area contributed by atoms with Gasteiger partial charge in [-0.3, -0.25) is 14.6 Å². The number of carbonyl (C=O) groups excluding carboxylic acids is 3. The fraction of sp³-hybridized carbons (Fsp3) is 0.346. The van der Waals surface area contributed by atoms with Gasteiger partial charge in [-0.1, -0.05) is 42.5 Å². The molecule has 0 radical (unpaired) electrons. The molecule has 1 aliphatic rings. The Morgan fingerprint density at radius 3 is 2.43 bits per heavy atom. The Balaban J connectivity index is 1.55. The molecule has 1 aliphatic heterocycles. The van der Waals surface area contributed by atoms with Gasteiger partial charge in [0.2, 0.25) is 5.91 Å². The lowest BCUT2D eigenvalue weighted by atomic mass is 9.86. The molecule has 1 atom stereocenters. The number of fused-ring (bicyclic) bond motifs is 1. The molecule has 0 saturated carbocycles. The summed E-state index contributed by atoms with van der Waals surface area (Å²) in [5, 5.41) is 8.98. The first-order chi connectivity index (χ1) is 17.0. The van der Waals surface area contributed by atoms with Crippen LogP contribution >= 0.6 is 0 Å². The number of benzene rings is 2. The molecule has 1 saturated heterocycles. The van der Waals surface area contributed by atoms with Gasteiger partial charge in [0.15, 0.2) is 0 Å². The predicted molar refractivity (Wildman–Crippen MR) is 131 cm³/mol. The number of para-hydroxylation sites is 2. The van der Waals surface area contributed by atoms with E-state index in [0.717, 1.165) is 5.56 Å². The molecule has 35 heavy (non-hydrogen) atoms. The Kier molecular flexibility index (Phi) is 7.67. The van der Waals surface area contributed by atoms with E-state index in [-0.39, 0.29) is 18.7 Å². The highest BCUT2D eigenvalue weighted by molar-refractivity contribution is 5.99. The third-order valence-electron chi connectivity index (χ3n) is 6.08. The lowest BCUT2D eigenvalue weighted by Gasteiger charge is -2.37. The van der Waals surface area contributed by atoms with Gasteiger partial charge in [0.05, 0.1) is 23.8 Å². The average molecular weight is 476 g/mol. The van der Waals surface area contributed by atoms with Crippen LogP contribution in [0.15, 0.2) is 60.8 Å². The van der Waals surface area contributed by atoms with Crippen LogP contribution in [0.3, 0.4) is 0 Å². The first-order valence-electron chi connectivity index (χ1n) is 11.8. The van der Waals surface area contributed by atoms with Crippen LogP contribution in [0.25, 0.3) is 11.0 Å². The van der Waals surface area contributed by atoms with Gasteiger partial charge in [-0.15, -0.1) is 0 Å². The number of esters is 1. The number of nitrogens with one attached hydrogen (secondary N) is 3. The zero-order valence-corrected chi connectivity index (χ0v) is 19.6. The molecule has 1 fully saturated rings. The normalized spacial score (nSPS) is 15.7. The number of nitrogens with zero attached hydrogens (tertiary/aromatic N) is 2. The Bertz CT molecular complexity index is 1190. The summed E-state index contributed by atoms with van der Waals surface area (Å²) in [7, 11) is 0. The molecule has 2 aromatic carbocycles. The number of piperidine rings is 1. The summed E-state index contributed by atoms with van der Waals surface area (Å²) in [5.41, 5.74) is 1.09. The van der Waals surface area contributed by atoms with Gasteiger partial charge in [-0.05, 0) is 50.6 Å². The van der Waals surface area contributed by atoms with E-state index in [0.29, 0.717) is 37.0 Å². The van der Waals surface area contributed by atoms with Crippen molar-refractivity contribution >= 4 is 28.8 Å². The number of amides is 2. The molecular weight excluding hydrogens is 446 g/mol. The van der Waals surface area contributed by atoms with Crippen LogP contribution in [0.1, 0.15) is 35.8 Å². The average Bonchev–Trinajstić information content (AvgIpc) is 2.89. The summed E-state index contributed by atoms with van der Waals surface area (Å²) >= 11 is 0. The Labute approximate surface area is 203 Å². The van der Waals surface area contributed by atoms with Crippen molar-refractivity contribution in [3.8, 4) is 0 Å². The molecule has 0 spiro atoms. The van der Waals surface area contributed by atoms with E-state index in [1.807, 2.05) is 48.5 Å². The van der Waals surface area contributed by atoms with Gasteiger partial charge in [-0.2, -0.15) is 0 Å². The molecule has 182 valence electrons. The van der Waals surface area contributed by atoms with Gasteiger partial charge in [0, 0.05) is 6.42 Å². The molecule has 2 heterocycles. The van der Waals surface area contributed by atoms with Crippen LogP contribution in [0.2, 0.25) is 0 Å². The number of hydrogen-bond acceptors (Lipinski definition) is 7. The Hall–Kier alpha value is -3.85. The van der Waals surface area contributed by atoms with Crippen LogP contribution < -0.4 is 16.0 Å². The van der Waals surface area contributed by atoms with Crippen LogP contribution in [0, 0.1) is 0 Å². The van der Waals surface area contributed by atoms with Crippen LogP contribution in [-0.2, 0) is 20.7 Å². The van der Waals surface area contributed by atoms with Crippen LogP contribution in [0.5, 0.6) is 0 Å². The molecule has 9 nitrogen and oxygen atoms in total. The van der Waals surface area contributed by atoms with Crippen molar-refractivity contribution in [2.24, 2.45) is 0 Å². The Morgan fingerprint density at radius 2 is 1.71 bits per heavy atom. The second-order valence-corrected chi connectivity index (χ2v) is 8.50. The third kappa shape index (κ3) is 5.81. The molecule has 0 bridgehead atoms. The van der Waals surface area contributed by atoms with Crippen molar-refractivity contribution in [2.75, 3.05) is 19.7 Å².